The third kappa shape index (κ3) is 3.27. The second-order valence-electron chi connectivity index (χ2n) is 6.07. The van der Waals surface area contributed by atoms with E-state index in [2.05, 4.69) is 4.72 Å². The first-order valence-corrected chi connectivity index (χ1v) is 8.97. The maximum atomic E-state index is 12.9. The normalized spacial score (nSPS) is 24.7. The molecule has 1 heterocycles. The first-order chi connectivity index (χ1) is 9.99. The van der Waals surface area contributed by atoms with Crippen LogP contribution in [0, 0.1) is 11.2 Å². The molecule has 1 saturated carbocycles. The highest BCUT2D eigenvalue weighted by molar-refractivity contribution is 7.88. The molecule has 1 aliphatic heterocycles. The van der Waals surface area contributed by atoms with E-state index in [1.54, 1.807) is 0 Å². The van der Waals surface area contributed by atoms with E-state index < -0.39 is 10.0 Å². The molecule has 21 heavy (non-hydrogen) atoms. The van der Waals surface area contributed by atoms with Crippen molar-refractivity contribution in [1.82, 2.24) is 4.72 Å². The van der Waals surface area contributed by atoms with Crippen molar-refractivity contribution in [1.29, 1.82) is 0 Å². The second kappa shape index (κ2) is 5.66. The van der Waals surface area contributed by atoms with Crippen molar-refractivity contribution in [3.63, 3.8) is 0 Å². The first-order valence-electron chi connectivity index (χ1n) is 7.31. The lowest BCUT2D eigenvalue weighted by Gasteiger charge is -2.51. The van der Waals surface area contributed by atoms with Gasteiger partial charge in [0, 0.05) is 19.3 Å². The van der Waals surface area contributed by atoms with Crippen LogP contribution >= 0.6 is 0 Å². The Kier molecular flexibility index (Phi) is 4.03. The first kappa shape index (κ1) is 14.9. The van der Waals surface area contributed by atoms with Gasteiger partial charge in [0.05, 0.1) is 5.75 Å². The summed E-state index contributed by atoms with van der Waals surface area (Å²) in [7, 11) is -3.40. The maximum absolute atomic E-state index is 12.9. The van der Waals surface area contributed by atoms with Crippen molar-refractivity contribution in [2.45, 2.75) is 37.5 Å². The van der Waals surface area contributed by atoms with Crippen LogP contribution in [0.2, 0.25) is 0 Å². The third-order valence-corrected chi connectivity index (χ3v) is 6.11. The van der Waals surface area contributed by atoms with Crippen LogP contribution in [0.4, 0.5) is 4.39 Å². The molecule has 1 aliphatic carbocycles. The Morgan fingerprint density at radius 3 is 2.43 bits per heavy atom. The van der Waals surface area contributed by atoms with Crippen molar-refractivity contribution in [2.75, 3.05) is 13.2 Å². The Hall–Kier alpha value is -0.980. The van der Waals surface area contributed by atoms with Gasteiger partial charge in [0.25, 0.3) is 0 Å². The van der Waals surface area contributed by atoms with E-state index in [9.17, 15) is 12.8 Å². The standard InChI is InChI=1S/C15H20FNO3S/c16-13-3-1-12(2-4-13)11-21(18,19)17-14-5-6-15(14)7-9-20-10-8-15/h1-4,14,17H,5-11H2. The van der Waals surface area contributed by atoms with E-state index in [-0.39, 0.29) is 23.0 Å². The van der Waals surface area contributed by atoms with Gasteiger partial charge in [-0.05, 0) is 48.8 Å². The van der Waals surface area contributed by atoms with Gasteiger partial charge >= 0.3 is 0 Å². The molecule has 2 aliphatic rings. The fraction of sp³-hybridized carbons (Fsp3) is 0.600. The largest absolute Gasteiger partial charge is 0.381 e. The minimum absolute atomic E-state index is 0.0202. The molecule has 1 N–H and O–H groups in total. The van der Waals surface area contributed by atoms with E-state index in [1.807, 2.05) is 0 Å². The number of sulfonamides is 1. The summed E-state index contributed by atoms with van der Waals surface area (Å²) in [5, 5.41) is 0. The van der Waals surface area contributed by atoms with Crippen molar-refractivity contribution in [3.05, 3.63) is 35.6 Å². The van der Waals surface area contributed by atoms with Crippen LogP contribution < -0.4 is 4.72 Å². The van der Waals surface area contributed by atoms with Gasteiger partial charge in [0.2, 0.25) is 10.0 Å². The Labute approximate surface area is 124 Å². The Morgan fingerprint density at radius 2 is 1.86 bits per heavy atom. The topological polar surface area (TPSA) is 55.4 Å². The third-order valence-electron chi connectivity index (χ3n) is 4.75. The summed E-state index contributed by atoms with van der Waals surface area (Å²) in [6.07, 6.45) is 3.82. The minimum atomic E-state index is -3.40. The molecule has 2 fully saturated rings. The molecule has 0 aromatic heterocycles. The van der Waals surface area contributed by atoms with Gasteiger partial charge < -0.3 is 4.74 Å². The van der Waals surface area contributed by atoms with E-state index in [4.69, 9.17) is 4.74 Å². The summed E-state index contributed by atoms with van der Waals surface area (Å²) in [6.45, 7) is 1.44. The highest BCUT2D eigenvalue weighted by Gasteiger charge is 2.48. The quantitative estimate of drug-likeness (QED) is 0.927. The van der Waals surface area contributed by atoms with E-state index in [0.717, 1.165) is 38.9 Å². The Balaban J connectivity index is 1.64. The molecular weight excluding hydrogens is 293 g/mol. The van der Waals surface area contributed by atoms with Crippen molar-refractivity contribution in [2.24, 2.45) is 5.41 Å². The predicted octanol–water partition coefficient (Wildman–Crippen LogP) is 2.20. The van der Waals surface area contributed by atoms with E-state index in [0.29, 0.717) is 5.56 Å². The fourth-order valence-corrected chi connectivity index (χ4v) is 4.83. The summed E-state index contributed by atoms with van der Waals surface area (Å²) < 4.78 is 45.6. The number of nitrogens with one attached hydrogen (secondary N) is 1. The highest BCUT2D eigenvalue weighted by Crippen LogP contribution is 2.49. The van der Waals surface area contributed by atoms with Crippen molar-refractivity contribution < 1.29 is 17.5 Å². The predicted molar refractivity (Wildman–Crippen MR) is 77.7 cm³/mol. The van der Waals surface area contributed by atoms with Crippen LogP contribution in [-0.4, -0.2) is 27.7 Å². The average Bonchev–Trinajstić information content (AvgIpc) is 2.47. The van der Waals surface area contributed by atoms with Gasteiger partial charge in [0.15, 0.2) is 0 Å². The summed E-state index contributed by atoms with van der Waals surface area (Å²) in [4.78, 5) is 0. The summed E-state index contributed by atoms with van der Waals surface area (Å²) in [5.74, 6) is -0.458. The zero-order valence-electron chi connectivity index (χ0n) is 11.8. The number of hydrogen-bond acceptors (Lipinski definition) is 3. The molecule has 0 bridgehead atoms. The minimum Gasteiger partial charge on any atom is -0.381 e. The average molecular weight is 313 g/mol. The molecule has 1 aromatic rings. The lowest BCUT2D eigenvalue weighted by molar-refractivity contribution is -0.0483. The molecule has 1 atom stereocenters. The van der Waals surface area contributed by atoms with Crippen molar-refractivity contribution >= 4 is 10.0 Å². The van der Waals surface area contributed by atoms with Gasteiger partial charge in [-0.25, -0.2) is 17.5 Å². The molecule has 1 aromatic carbocycles. The SMILES string of the molecule is O=S(=O)(Cc1ccc(F)cc1)NC1CCC12CCOCC2. The molecule has 116 valence electrons. The van der Waals surface area contributed by atoms with Crippen LogP contribution in [0.25, 0.3) is 0 Å². The molecule has 6 heteroatoms. The maximum Gasteiger partial charge on any atom is 0.216 e. The smallest absolute Gasteiger partial charge is 0.216 e. The zero-order valence-corrected chi connectivity index (χ0v) is 12.7. The fourth-order valence-electron chi connectivity index (χ4n) is 3.32. The van der Waals surface area contributed by atoms with Crippen LogP contribution in [0.15, 0.2) is 24.3 Å². The van der Waals surface area contributed by atoms with Gasteiger partial charge in [-0.3, -0.25) is 0 Å². The molecule has 4 nitrogen and oxygen atoms in total. The molecule has 0 amide bonds. The van der Waals surface area contributed by atoms with Gasteiger partial charge in [-0.15, -0.1) is 0 Å². The lowest BCUT2D eigenvalue weighted by atomic mass is 9.60. The number of hydrogen-bond donors (Lipinski definition) is 1. The highest BCUT2D eigenvalue weighted by atomic mass is 32.2. The second-order valence-corrected chi connectivity index (χ2v) is 7.82. The number of ether oxygens (including phenoxy) is 1. The molecule has 3 rings (SSSR count). The summed E-state index contributed by atoms with van der Waals surface area (Å²) >= 11 is 0. The van der Waals surface area contributed by atoms with Crippen LogP contribution in [0.3, 0.4) is 0 Å². The molecule has 1 spiro atoms. The van der Waals surface area contributed by atoms with Crippen molar-refractivity contribution in [3.8, 4) is 0 Å². The Morgan fingerprint density at radius 1 is 1.19 bits per heavy atom. The van der Waals surface area contributed by atoms with Crippen LogP contribution in [0.5, 0.6) is 0 Å². The molecule has 1 unspecified atom stereocenters. The molecule has 1 saturated heterocycles. The monoisotopic (exact) mass is 313 g/mol. The summed E-state index contributed by atoms with van der Waals surface area (Å²) in [6, 6.07) is 5.62. The summed E-state index contributed by atoms with van der Waals surface area (Å²) in [5.41, 5.74) is 0.693. The number of benzene rings is 1. The van der Waals surface area contributed by atoms with Crippen LogP contribution in [0.1, 0.15) is 31.2 Å². The molecular formula is C15H20FNO3S. The van der Waals surface area contributed by atoms with Gasteiger partial charge in [-0.1, -0.05) is 12.1 Å². The van der Waals surface area contributed by atoms with E-state index in [1.165, 1.54) is 24.3 Å². The number of rotatable bonds is 4. The Bertz CT molecular complexity index is 594. The van der Waals surface area contributed by atoms with E-state index >= 15 is 0 Å². The lowest BCUT2D eigenvalue weighted by Crippen LogP contribution is -2.57. The number of halogens is 1. The van der Waals surface area contributed by atoms with Gasteiger partial charge in [0.1, 0.15) is 5.82 Å². The molecule has 0 radical (unpaired) electrons. The zero-order chi connectivity index (χ0) is 14.9. The van der Waals surface area contributed by atoms with Gasteiger partial charge in [-0.2, -0.15) is 0 Å². The van der Waals surface area contributed by atoms with Crippen LogP contribution in [-0.2, 0) is 20.5 Å².